The average molecular weight is 391 g/mol. The van der Waals surface area contributed by atoms with E-state index in [1.165, 1.54) is 0 Å². The predicted molar refractivity (Wildman–Crippen MR) is 109 cm³/mol. The maximum atomic E-state index is 10.6. The summed E-state index contributed by atoms with van der Waals surface area (Å²) in [6.07, 6.45) is -0.772. The molecule has 0 amide bonds. The molecule has 0 aliphatic carbocycles. The van der Waals surface area contributed by atoms with Crippen molar-refractivity contribution in [3.05, 3.63) is 66.2 Å². The molecule has 4 aromatic rings. The van der Waals surface area contributed by atoms with Crippen molar-refractivity contribution in [2.45, 2.75) is 6.10 Å². The zero-order valence-corrected chi connectivity index (χ0v) is 16.1. The molecule has 29 heavy (non-hydrogen) atoms. The lowest BCUT2D eigenvalue weighted by atomic mass is 10.1. The molecule has 0 aliphatic heterocycles. The third-order valence-electron chi connectivity index (χ3n) is 4.53. The van der Waals surface area contributed by atoms with Gasteiger partial charge >= 0.3 is 0 Å². The van der Waals surface area contributed by atoms with Crippen molar-refractivity contribution in [3.8, 4) is 22.9 Å². The summed E-state index contributed by atoms with van der Waals surface area (Å²) in [6.45, 7) is 0.262. The second-order valence-corrected chi connectivity index (χ2v) is 6.42. The van der Waals surface area contributed by atoms with Crippen molar-refractivity contribution in [3.63, 3.8) is 0 Å². The van der Waals surface area contributed by atoms with E-state index in [1.54, 1.807) is 43.0 Å². The zero-order chi connectivity index (χ0) is 20.2. The van der Waals surface area contributed by atoms with Gasteiger partial charge in [-0.25, -0.2) is 0 Å². The van der Waals surface area contributed by atoms with Crippen LogP contribution in [0.2, 0.25) is 0 Å². The zero-order valence-electron chi connectivity index (χ0n) is 16.1. The maximum absolute atomic E-state index is 10.6. The number of hydrogen-bond donors (Lipinski definition) is 2. The number of aromatic nitrogens is 4. The number of aliphatic hydroxyl groups excluding tert-OH is 1. The van der Waals surface area contributed by atoms with Crippen LogP contribution < -0.4 is 14.8 Å². The highest BCUT2D eigenvalue weighted by molar-refractivity contribution is 5.59. The van der Waals surface area contributed by atoms with Crippen LogP contribution in [0.5, 0.6) is 11.5 Å². The van der Waals surface area contributed by atoms with Crippen LogP contribution >= 0.6 is 0 Å². The van der Waals surface area contributed by atoms with Crippen molar-refractivity contribution in [2.75, 3.05) is 26.1 Å². The Labute approximate surface area is 167 Å². The minimum atomic E-state index is -0.772. The van der Waals surface area contributed by atoms with Gasteiger partial charge in [0.2, 0.25) is 0 Å². The van der Waals surface area contributed by atoms with E-state index in [0.29, 0.717) is 34.4 Å². The molecular weight excluding hydrogens is 370 g/mol. The maximum Gasteiger partial charge on any atom is 0.185 e. The van der Waals surface area contributed by atoms with Gasteiger partial charge in [0.1, 0.15) is 17.3 Å². The van der Waals surface area contributed by atoms with Gasteiger partial charge in [-0.1, -0.05) is 30.3 Å². The molecular formula is C21H21N5O3. The largest absolute Gasteiger partial charge is 0.497 e. The standard InChI is InChI=1S/C21H21N5O3/c1-28-16-10-15(11-17(12-16)29-2)18(27)13-22-19-8-9-20-23-24-21(26(20)25-19)14-6-4-3-5-7-14/h3-12,18,27H,13H2,1-2H3,(H,22,25). The minimum absolute atomic E-state index is 0.262. The molecule has 0 saturated heterocycles. The Hall–Kier alpha value is -3.65. The van der Waals surface area contributed by atoms with Gasteiger partial charge in [-0.3, -0.25) is 0 Å². The summed E-state index contributed by atoms with van der Waals surface area (Å²) in [7, 11) is 3.15. The summed E-state index contributed by atoms with van der Waals surface area (Å²) in [5.41, 5.74) is 2.25. The molecule has 0 bridgehead atoms. The molecule has 2 aromatic carbocycles. The number of nitrogens with one attached hydrogen (secondary N) is 1. The summed E-state index contributed by atoms with van der Waals surface area (Å²) in [4.78, 5) is 0. The molecule has 0 aliphatic rings. The highest BCUT2D eigenvalue weighted by Crippen LogP contribution is 2.26. The van der Waals surface area contributed by atoms with E-state index in [4.69, 9.17) is 9.47 Å². The van der Waals surface area contributed by atoms with Gasteiger partial charge in [0.05, 0.1) is 20.3 Å². The van der Waals surface area contributed by atoms with Crippen molar-refractivity contribution in [1.82, 2.24) is 19.8 Å². The Bertz CT molecular complexity index is 1090. The predicted octanol–water partition coefficient (Wildman–Crippen LogP) is 2.95. The molecule has 4 rings (SSSR count). The lowest BCUT2D eigenvalue weighted by molar-refractivity contribution is 0.190. The van der Waals surface area contributed by atoms with E-state index in [9.17, 15) is 5.11 Å². The Morgan fingerprint density at radius 2 is 1.69 bits per heavy atom. The second-order valence-electron chi connectivity index (χ2n) is 6.42. The summed E-state index contributed by atoms with van der Waals surface area (Å²) < 4.78 is 12.2. The number of anilines is 1. The summed E-state index contributed by atoms with van der Waals surface area (Å²) in [5, 5.41) is 26.7. The van der Waals surface area contributed by atoms with Gasteiger partial charge in [-0.15, -0.1) is 15.3 Å². The first-order valence-electron chi connectivity index (χ1n) is 9.10. The summed E-state index contributed by atoms with van der Waals surface area (Å²) in [5.74, 6) is 2.50. The number of aliphatic hydroxyl groups is 1. The molecule has 0 fully saturated rings. The molecule has 2 heterocycles. The lowest BCUT2D eigenvalue weighted by Gasteiger charge is -2.15. The van der Waals surface area contributed by atoms with Crippen LogP contribution in [0.1, 0.15) is 11.7 Å². The van der Waals surface area contributed by atoms with E-state index in [0.717, 1.165) is 5.56 Å². The van der Waals surface area contributed by atoms with E-state index in [2.05, 4.69) is 20.6 Å². The third-order valence-corrected chi connectivity index (χ3v) is 4.53. The van der Waals surface area contributed by atoms with Crippen LogP contribution in [0.3, 0.4) is 0 Å². The average Bonchev–Trinajstić information content (AvgIpc) is 3.20. The molecule has 2 N–H and O–H groups in total. The number of rotatable bonds is 7. The van der Waals surface area contributed by atoms with E-state index in [1.807, 2.05) is 36.4 Å². The van der Waals surface area contributed by atoms with Crippen LogP contribution in [0.25, 0.3) is 17.0 Å². The molecule has 0 spiro atoms. The Morgan fingerprint density at radius 3 is 2.38 bits per heavy atom. The van der Waals surface area contributed by atoms with Crippen LogP contribution in [0.15, 0.2) is 60.7 Å². The lowest BCUT2D eigenvalue weighted by Crippen LogP contribution is -2.14. The molecule has 1 unspecified atom stereocenters. The van der Waals surface area contributed by atoms with Crippen molar-refractivity contribution in [1.29, 1.82) is 0 Å². The highest BCUT2D eigenvalue weighted by Gasteiger charge is 2.13. The van der Waals surface area contributed by atoms with Crippen LogP contribution in [0, 0.1) is 0 Å². The van der Waals surface area contributed by atoms with Crippen molar-refractivity contribution < 1.29 is 14.6 Å². The SMILES string of the molecule is COc1cc(OC)cc(C(O)CNc2ccc3nnc(-c4ccccc4)n3n2)c1. The first-order valence-corrected chi connectivity index (χ1v) is 9.10. The number of fused-ring (bicyclic) bond motifs is 1. The number of hydrogen-bond acceptors (Lipinski definition) is 7. The topological polar surface area (TPSA) is 93.8 Å². The van der Waals surface area contributed by atoms with Crippen LogP contribution in [-0.2, 0) is 0 Å². The Balaban J connectivity index is 1.54. The van der Waals surface area contributed by atoms with Gasteiger partial charge in [0, 0.05) is 18.2 Å². The molecule has 8 nitrogen and oxygen atoms in total. The minimum Gasteiger partial charge on any atom is -0.497 e. The van der Waals surface area contributed by atoms with Gasteiger partial charge in [0.15, 0.2) is 11.5 Å². The van der Waals surface area contributed by atoms with Gasteiger partial charge in [-0.05, 0) is 29.8 Å². The van der Waals surface area contributed by atoms with Crippen molar-refractivity contribution in [2.24, 2.45) is 0 Å². The fourth-order valence-corrected chi connectivity index (χ4v) is 2.99. The monoisotopic (exact) mass is 391 g/mol. The third kappa shape index (κ3) is 3.97. The molecule has 8 heteroatoms. The molecule has 0 radical (unpaired) electrons. The fourth-order valence-electron chi connectivity index (χ4n) is 2.99. The quantitative estimate of drug-likeness (QED) is 0.500. The number of benzene rings is 2. The smallest absolute Gasteiger partial charge is 0.185 e. The normalized spacial score (nSPS) is 12.0. The number of methoxy groups -OCH3 is 2. The summed E-state index contributed by atoms with van der Waals surface area (Å²) in [6, 6.07) is 18.7. The molecule has 1 atom stereocenters. The van der Waals surface area contributed by atoms with Crippen molar-refractivity contribution >= 4 is 11.5 Å². The Kier molecular flexibility index (Phi) is 5.26. The number of ether oxygens (including phenoxy) is 2. The van der Waals surface area contributed by atoms with E-state index in [-0.39, 0.29) is 6.54 Å². The first-order chi connectivity index (χ1) is 14.2. The van der Waals surface area contributed by atoms with E-state index < -0.39 is 6.10 Å². The van der Waals surface area contributed by atoms with Crippen LogP contribution in [-0.4, -0.2) is 45.7 Å². The number of nitrogens with zero attached hydrogens (tertiary/aromatic N) is 4. The first kappa shape index (κ1) is 18.7. The van der Waals surface area contributed by atoms with Crippen LogP contribution in [0.4, 0.5) is 5.82 Å². The molecule has 0 saturated carbocycles. The van der Waals surface area contributed by atoms with Gasteiger partial charge < -0.3 is 19.9 Å². The Morgan fingerprint density at radius 1 is 0.966 bits per heavy atom. The second kappa shape index (κ2) is 8.15. The van der Waals surface area contributed by atoms with Gasteiger partial charge in [0.25, 0.3) is 0 Å². The molecule has 148 valence electrons. The molecule has 2 aromatic heterocycles. The van der Waals surface area contributed by atoms with E-state index >= 15 is 0 Å². The highest BCUT2D eigenvalue weighted by atomic mass is 16.5. The fraction of sp³-hybridized carbons (Fsp3) is 0.190. The van der Waals surface area contributed by atoms with Gasteiger partial charge in [-0.2, -0.15) is 4.52 Å². The summed E-state index contributed by atoms with van der Waals surface area (Å²) >= 11 is 0.